The van der Waals surface area contributed by atoms with Gasteiger partial charge in [-0.15, -0.1) is 0 Å². The van der Waals surface area contributed by atoms with E-state index >= 15 is 0 Å². The monoisotopic (exact) mass is 276 g/mol. The van der Waals surface area contributed by atoms with E-state index in [-0.39, 0.29) is 0 Å². The predicted molar refractivity (Wildman–Crippen MR) is 84.5 cm³/mol. The lowest BCUT2D eigenvalue weighted by Gasteiger charge is -2.15. The standard InChI is InChI=1S/C17H28N2O/c1-3-18-15(2)14-16-6-8-17(9-7-16)20-13-12-19-10-4-5-11-19/h6-9,15,18H,3-5,10-14H2,1-2H3. The Labute approximate surface area is 123 Å². The third-order valence-electron chi connectivity index (χ3n) is 3.89. The summed E-state index contributed by atoms with van der Waals surface area (Å²) in [5.41, 5.74) is 1.37. The van der Waals surface area contributed by atoms with Crippen molar-refractivity contribution in [3.63, 3.8) is 0 Å². The van der Waals surface area contributed by atoms with E-state index in [1.54, 1.807) is 0 Å². The molecule has 0 saturated carbocycles. The minimum atomic E-state index is 0.530. The van der Waals surface area contributed by atoms with Gasteiger partial charge in [0.05, 0.1) is 0 Å². The van der Waals surface area contributed by atoms with Crippen LogP contribution in [0.3, 0.4) is 0 Å². The summed E-state index contributed by atoms with van der Waals surface area (Å²) < 4.78 is 5.82. The Kier molecular flexibility index (Phi) is 6.34. The molecule has 3 nitrogen and oxygen atoms in total. The van der Waals surface area contributed by atoms with E-state index in [0.717, 1.165) is 31.9 Å². The molecule has 1 N–H and O–H groups in total. The Morgan fingerprint density at radius 2 is 1.90 bits per heavy atom. The normalized spacial score (nSPS) is 17.3. The van der Waals surface area contributed by atoms with E-state index in [2.05, 4.69) is 48.3 Å². The average Bonchev–Trinajstić information content (AvgIpc) is 2.94. The molecule has 112 valence electrons. The number of likely N-dealkylation sites (tertiary alicyclic amines) is 1. The molecule has 3 heteroatoms. The molecule has 1 saturated heterocycles. The lowest BCUT2D eigenvalue weighted by Crippen LogP contribution is -2.27. The van der Waals surface area contributed by atoms with E-state index in [0.29, 0.717) is 6.04 Å². The van der Waals surface area contributed by atoms with Crippen molar-refractivity contribution in [2.45, 2.75) is 39.2 Å². The van der Waals surface area contributed by atoms with Gasteiger partial charge in [-0.25, -0.2) is 0 Å². The van der Waals surface area contributed by atoms with Gasteiger partial charge >= 0.3 is 0 Å². The molecule has 0 aliphatic carbocycles. The van der Waals surface area contributed by atoms with Crippen LogP contribution in [0.5, 0.6) is 5.75 Å². The van der Waals surface area contributed by atoms with E-state index in [9.17, 15) is 0 Å². The zero-order chi connectivity index (χ0) is 14.2. The molecule has 1 fully saturated rings. The first-order valence-electron chi connectivity index (χ1n) is 7.95. The van der Waals surface area contributed by atoms with E-state index in [1.807, 2.05) is 0 Å². The van der Waals surface area contributed by atoms with E-state index < -0.39 is 0 Å². The first-order chi connectivity index (χ1) is 9.78. The van der Waals surface area contributed by atoms with Crippen LogP contribution in [-0.2, 0) is 6.42 Å². The smallest absolute Gasteiger partial charge is 0.119 e. The summed E-state index contributed by atoms with van der Waals surface area (Å²) in [6, 6.07) is 9.08. The fourth-order valence-corrected chi connectivity index (χ4v) is 2.79. The van der Waals surface area contributed by atoms with E-state index in [1.165, 1.54) is 31.5 Å². The van der Waals surface area contributed by atoms with Crippen LogP contribution in [0.4, 0.5) is 0 Å². The molecule has 0 aromatic heterocycles. The zero-order valence-corrected chi connectivity index (χ0v) is 12.9. The van der Waals surface area contributed by atoms with Crippen molar-refractivity contribution < 1.29 is 4.74 Å². The molecular formula is C17H28N2O. The molecule has 1 unspecified atom stereocenters. The molecule has 20 heavy (non-hydrogen) atoms. The number of nitrogens with zero attached hydrogens (tertiary/aromatic N) is 1. The summed E-state index contributed by atoms with van der Waals surface area (Å²) in [7, 11) is 0. The van der Waals surface area contributed by atoms with Crippen LogP contribution in [0.2, 0.25) is 0 Å². The minimum absolute atomic E-state index is 0.530. The van der Waals surface area contributed by atoms with Gasteiger partial charge in [-0.1, -0.05) is 19.1 Å². The highest BCUT2D eigenvalue weighted by molar-refractivity contribution is 5.27. The highest BCUT2D eigenvalue weighted by atomic mass is 16.5. The van der Waals surface area contributed by atoms with Crippen molar-refractivity contribution in [1.29, 1.82) is 0 Å². The minimum Gasteiger partial charge on any atom is -0.492 e. The van der Waals surface area contributed by atoms with Gasteiger partial charge in [-0.3, -0.25) is 4.90 Å². The number of benzene rings is 1. The molecule has 1 aromatic carbocycles. The Hall–Kier alpha value is -1.06. The summed E-state index contributed by atoms with van der Waals surface area (Å²) in [5, 5.41) is 3.44. The van der Waals surface area contributed by atoms with Gasteiger partial charge in [0, 0.05) is 12.6 Å². The molecule has 0 radical (unpaired) electrons. The lowest BCUT2D eigenvalue weighted by atomic mass is 10.1. The van der Waals surface area contributed by atoms with Crippen molar-refractivity contribution in [3.8, 4) is 5.75 Å². The summed E-state index contributed by atoms with van der Waals surface area (Å²) in [4.78, 5) is 2.48. The fraction of sp³-hybridized carbons (Fsp3) is 0.647. The fourth-order valence-electron chi connectivity index (χ4n) is 2.79. The molecule has 0 spiro atoms. The zero-order valence-electron chi connectivity index (χ0n) is 12.9. The third kappa shape index (κ3) is 5.14. The molecule has 1 aromatic rings. The molecule has 0 bridgehead atoms. The van der Waals surface area contributed by atoms with E-state index in [4.69, 9.17) is 4.74 Å². The van der Waals surface area contributed by atoms with Crippen LogP contribution in [0.25, 0.3) is 0 Å². The predicted octanol–water partition coefficient (Wildman–Crippen LogP) is 2.70. The molecule has 0 amide bonds. The second-order valence-corrected chi connectivity index (χ2v) is 5.70. The van der Waals surface area contributed by atoms with Gasteiger partial charge in [0.1, 0.15) is 12.4 Å². The average molecular weight is 276 g/mol. The second kappa shape index (κ2) is 8.28. The molecule has 1 aliphatic rings. The Morgan fingerprint density at radius 1 is 1.20 bits per heavy atom. The SMILES string of the molecule is CCNC(C)Cc1ccc(OCCN2CCCC2)cc1. The van der Waals surface area contributed by atoms with Crippen LogP contribution in [0.15, 0.2) is 24.3 Å². The van der Waals surface area contributed by atoms with Gasteiger partial charge in [0.15, 0.2) is 0 Å². The number of rotatable bonds is 8. The Morgan fingerprint density at radius 3 is 2.55 bits per heavy atom. The van der Waals surface area contributed by atoms with Crippen LogP contribution < -0.4 is 10.1 Å². The Balaban J connectivity index is 1.70. The maximum absolute atomic E-state index is 5.82. The number of likely N-dealkylation sites (N-methyl/N-ethyl adjacent to an activating group) is 1. The maximum Gasteiger partial charge on any atom is 0.119 e. The Bertz CT molecular complexity index is 371. The second-order valence-electron chi connectivity index (χ2n) is 5.70. The largest absolute Gasteiger partial charge is 0.492 e. The van der Waals surface area contributed by atoms with Crippen molar-refractivity contribution >= 4 is 0 Å². The van der Waals surface area contributed by atoms with Crippen LogP contribution >= 0.6 is 0 Å². The van der Waals surface area contributed by atoms with Crippen LogP contribution in [0.1, 0.15) is 32.3 Å². The molecule has 2 rings (SSSR count). The van der Waals surface area contributed by atoms with Gasteiger partial charge in [-0.2, -0.15) is 0 Å². The molecule has 1 heterocycles. The number of ether oxygens (including phenoxy) is 1. The number of hydrogen-bond acceptors (Lipinski definition) is 3. The number of nitrogens with one attached hydrogen (secondary N) is 1. The molecule has 1 atom stereocenters. The van der Waals surface area contributed by atoms with Gasteiger partial charge in [0.2, 0.25) is 0 Å². The van der Waals surface area contributed by atoms with Gasteiger partial charge in [-0.05, 0) is 63.5 Å². The van der Waals surface area contributed by atoms with Crippen molar-refractivity contribution in [3.05, 3.63) is 29.8 Å². The summed E-state index contributed by atoms with van der Waals surface area (Å²) in [6.45, 7) is 9.73. The van der Waals surface area contributed by atoms with Crippen molar-refractivity contribution in [2.24, 2.45) is 0 Å². The quantitative estimate of drug-likeness (QED) is 0.790. The van der Waals surface area contributed by atoms with Crippen LogP contribution in [0, 0.1) is 0 Å². The summed E-state index contributed by atoms with van der Waals surface area (Å²) >= 11 is 0. The highest BCUT2D eigenvalue weighted by Gasteiger charge is 2.10. The van der Waals surface area contributed by atoms with Crippen molar-refractivity contribution in [1.82, 2.24) is 10.2 Å². The lowest BCUT2D eigenvalue weighted by molar-refractivity contribution is 0.238. The summed E-state index contributed by atoms with van der Waals surface area (Å²) in [5.74, 6) is 0.990. The third-order valence-corrected chi connectivity index (χ3v) is 3.89. The summed E-state index contributed by atoms with van der Waals surface area (Å²) in [6.07, 6.45) is 3.76. The molecule has 1 aliphatic heterocycles. The first-order valence-corrected chi connectivity index (χ1v) is 7.95. The molecular weight excluding hydrogens is 248 g/mol. The first kappa shape index (κ1) is 15.3. The number of hydrogen-bond donors (Lipinski definition) is 1. The maximum atomic E-state index is 5.82. The van der Waals surface area contributed by atoms with Gasteiger partial charge in [0.25, 0.3) is 0 Å². The van der Waals surface area contributed by atoms with Crippen LogP contribution in [-0.4, -0.2) is 43.7 Å². The topological polar surface area (TPSA) is 24.5 Å². The highest BCUT2D eigenvalue weighted by Crippen LogP contribution is 2.14. The van der Waals surface area contributed by atoms with Gasteiger partial charge < -0.3 is 10.1 Å². The van der Waals surface area contributed by atoms with Crippen molar-refractivity contribution in [2.75, 3.05) is 32.8 Å².